The first kappa shape index (κ1) is 12.7. The summed E-state index contributed by atoms with van der Waals surface area (Å²) in [6.07, 6.45) is 0.224. The van der Waals surface area contributed by atoms with Crippen LogP contribution in [0.25, 0.3) is 0 Å². The van der Waals surface area contributed by atoms with Gasteiger partial charge >= 0.3 is 5.97 Å². The lowest BCUT2D eigenvalue weighted by atomic mass is 10.1. The topological polar surface area (TPSA) is 85.1 Å². The quantitative estimate of drug-likeness (QED) is 0.676. The third-order valence-corrected chi connectivity index (χ3v) is 2.99. The summed E-state index contributed by atoms with van der Waals surface area (Å²) in [7, 11) is 1.30. The van der Waals surface area contributed by atoms with Gasteiger partial charge in [0.05, 0.1) is 13.7 Å². The van der Waals surface area contributed by atoms with Crippen molar-refractivity contribution in [3.8, 4) is 5.75 Å². The maximum Gasteiger partial charge on any atom is 0.360 e. The van der Waals surface area contributed by atoms with Crippen LogP contribution in [0.15, 0.2) is 28.7 Å². The van der Waals surface area contributed by atoms with E-state index in [2.05, 4.69) is 9.72 Å². The number of aromatic nitrogens is 1. The zero-order valence-corrected chi connectivity index (χ0v) is 10.8. The van der Waals surface area contributed by atoms with E-state index >= 15 is 0 Å². The van der Waals surface area contributed by atoms with Crippen molar-refractivity contribution in [2.24, 2.45) is 0 Å². The second kappa shape index (κ2) is 4.97. The van der Waals surface area contributed by atoms with E-state index in [1.807, 2.05) is 0 Å². The standard InChI is InChI=1S/C14H13NO5/c1-18-14(17)12-13(10-7-19-10)20-11(15-12)6-8-2-4-9(16)5-3-8/h2-5,10,16H,6-7H2,1H3. The van der Waals surface area contributed by atoms with Crippen LogP contribution in [0.4, 0.5) is 0 Å². The molecule has 6 heteroatoms. The van der Waals surface area contributed by atoms with Crippen molar-refractivity contribution in [3.05, 3.63) is 47.2 Å². The third kappa shape index (κ3) is 2.50. The van der Waals surface area contributed by atoms with Gasteiger partial charge in [-0.05, 0) is 17.7 Å². The molecule has 1 aromatic carbocycles. The Morgan fingerprint density at radius 1 is 1.45 bits per heavy atom. The summed E-state index contributed by atoms with van der Waals surface area (Å²) in [6.45, 7) is 0.526. The number of oxazole rings is 1. The Hall–Kier alpha value is -2.34. The van der Waals surface area contributed by atoms with Crippen molar-refractivity contribution < 1.29 is 23.8 Å². The van der Waals surface area contributed by atoms with E-state index < -0.39 is 5.97 Å². The van der Waals surface area contributed by atoms with Crippen LogP contribution < -0.4 is 0 Å². The van der Waals surface area contributed by atoms with E-state index in [1.54, 1.807) is 24.3 Å². The molecule has 1 saturated heterocycles. The Bertz CT molecular complexity index is 628. The smallest absolute Gasteiger partial charge is 0.360 e. The number of phenols is 1. The second-order valence-corrected chi connectivity index (χ2v) is 4.48. The Kier molecular flexibility index (Phi) is 3.15. The number of rotatable bonds is 4. The third-order valence-electron chi connectivity index (χ3n) is 2.99. The average molecular weight is 275 g/mol. The minimum Gasteiger partial charge on any atom is -0.508 e. The molecule has 1 aliphatic heterocycles. The summed E-state index contributed by atoms with van der Waals surface area (Å²) >= 11 is 0. The van der Waals surface area contributed by atoms with Crippen LogP contribution in [0.3, 0.4) is 0 Å². The molecule has 104 valence electrons. The van der Waals surface area contributed by atoms with Crippen LogP contribution in [-0.4, -0.2) is 29.8 Å². The monoisotopic (exact) mass is 275 g/mol. The van der Waals surface area contributed by atoms with Crippen LogP contribution >= 0.6 is 0 Å². The van der Waals surface area contributed by atoms with Crippen LogP contribution in [0, 0.1) is 0 Å². The van der Waals surface area contributed by atoms with Crippen LogP contribution in [0.5, 0.6) is 5.75 Å². The summed E-state index contributed by atoms with van der Waals surface area (Å²) < 4.78 is 15.4. The highest BCUT2D eigenvalue weighted by molar-refractivity contribution is 5.88. The highest BCUT2D eigenvalue weighted by atomic mass is 16.6. The first-order valence-electron chi connectivity index (χ1n) is 6.15. The van der Waals surface area contributed by atoms with E-state index in [0.717, 1.165) is 5.56 Å². The average Bonchev–Trinajstić information content (AvgIpc) is 3.22. The van der Waals surface area contributed by atoms with Crippen molar-refractivity contribution in [1.82, 2.24) is 4.98 Å². The molecule has 20 heavy (non-hydrogen) atoms. The predicted molar refractivity (Wildman–Crippen MR) is 67.4 cm³/mol. The van der Waals surface area contributed by atoms with Gasteiger partial charge in [0.25, 0.3) is 0 Å². The first-order valence-corrected chi connectivity index (χ1v) is 6.15. The van der Waals surface area contributed by atoms with Gasteiger partial charge in [0.15, 0.2) is 17.3 Å². The molecule has 0 saturated carbocycles. The summed E-state index contributed by atoms with van der Waals surface area (Å²) in [5.41, 5.74) is 1.09. The second-order valence-electron chi connectivity index (χ2n) is 4.48. The van der Waals surface area contributed by atoms with Gasteiger partial charge in [-0.1, -0.05) is 12.1 Å². The van der Waals surface area contributed by atoms with Crippen molar-refractivity contribution in [2.75, 3.05) is 13.7 Å². The van der Waals surface area contributed by atoms with Gasteiger partial charge in [0, 0.05) is 6.42 Å². The molecule has 6 nitrogen and oxygen atoms in total. The molecular formula is C14H13NO5. The number of nitrogens with zero attached hydrogens (tertiary/aromatic N) is 1. The largest absolute Gasteiger partial charge is 0.508 e. The number of carbonyl (C=O) groups is 1. The fourth-order valence-electron chi connectivity index (χ4n) is 1.90. The van der Waals surface area contributed by atoms with Crippen LogP contribution in [-0.2, 0) is 15.9 Å². The number of epoxide rings is 1. The zero-order valence-electron chi connectivity index (χ0n) is 10.8. The lowest BCUT2D eigenvalue weighted by molar-refractivity contribution is 0.0591. The van der Waals surface area contributed by atoms with Crippen molar-refractivity contribution in [1.29, 1.82) is 0 Å². The minimum atomic E-state index is -0.531. The molecule has 0 aliphatic carbocycles. The number of methoxy groups -OCH3 is 1. The number of phenolic OH excluding ortho intramolecular Hbond substituents is 1. The molecule has 0 radical (unpaired) electrons. The Balaban J connectivity index is 1.86. The molecule has 1 unspecified atom stereocenters. The lowest BCUT2D eigenvalue weighted by Crippen LogP contribution is -2.05. The van der Waals surface area contributed by atoms with Gasteiger partial charge in [0.2, 0.25) is 0 Å². The first-order chi connectivity index (χ1) is 9.67. The molecule has 1 fully saturated rings. The predicted octanol–water partition coefficient (Wildman–Crippen LogP) is 1.83. The number of hydrogen-bond donors (Lipinski definition) is 1. The summed E-state index contributed by atoms with van der Waals surface area (Å²) in [5.74, 6) is 0.506. The number of ether oxygens (including phenoxy) is 2. The van der Waals surface area contributed by atoms with E-state index in [0.29, 0.717) is 24.7 Å². The maximum atomic E-state index is 11.6. The molecular weight excluding hydrogens is 262 g/mol. The summed E-state index contributed by atoms with van der Waals surface area (Å²) in [4.78, 5) is 15.8. The fraction of sp³-hybridized carbons (Fsp3) is 0.286. The Morgan fingerprint density at radius 3 is 2.75 bits per heavy atom. The number of carbonyl (C=O) groups excluding carboxylic acids is 1. The highest BCUT2D eigenvalue weighted by Gasteiger charge is 2.35. The number of esters is 1. The van der Waals surface area contributed by atoms with Gasteiger partial charge in [-0.15, -0.1) is 0 Å². The number of hydrogen-bond acceptors (Lipinski definition) is 6. The molecule has 1 N–H and O–H groups in total. The van der Waals surface area contributed by atoms with Crippen molar-refractivity contribution in [3.63, 3.8) is 0 Å². The Labute approximate surface area is 115 Å². The fourth-order valence-corrected chi connectivity index (χ4v) is 1.90. The van der Waals surface area contributed by atoms with Gasteiger partial charge in [-0.2, -0.15) is 0 Å². The van der Waals surface area contributed by atoms with Gasteiger partial charge in [-0.25, -0.2) is 9.78 Å². The zero-order chi connectivity index (χ0) is 14.1. The molecule has 2 heterocycles. The Morgan fingerprint density at radius 2 is 2.15 bits per heavy atom. The maximum absolute atomic E-state index is 11.6. The molecule has 2 aromatic rings. The van der Waals surface area contributed by atoms with Gasteiger partial charge < -0.3 is 19.0 Å². The number of aromatic hydroxyl groups is 1. The highest BCUT2D eigenvalue weighted by Crippen LogP contribution is 2.33. The lowest BCUT2D eigenvalue weighted by Gasteiger charge is -1.97. The van der Waals surface area contributed by atoms with Gasteiger partial charge in [0.1, 0.15) is 11.9 Å². The molecule has 0 amide bonds. The molecule has 1 aromatic heterocycles. The van der Waals surface area contributed by atoms with Crippen molar-refractivity contribution >= 4 is 5.97 Å². The SMILES string of the molecule is COC(=O)c1nc(Cc2ccc(O)cc2)oc1C1CO1. The van der Waals surface area contributed by atoms with Crippen molar-refractivity contribution in [2.45, 2.75) is 12.5 Å². The molecule has 1 atom stereocenters. The van der Waals surface area contributed by atoms with E-state index in [9.17, 15) is 9.90 Å². The molecule has 3 rings (SSSR count). The van der Waals surface area contributed by atoms with E-state index in [-0.39, 0.29) is 17.5 Å². The molecule has 1 aliphatic rings. The van der Waals surface area contributed by atoms with Crippen LogP contribution in [0.2, 0.25) is 0 Å². The number of benzene rings is 1. The van der Waals surface area contributed by atoms with Gasteiger partial charge in [-0.3, -0.25) is 0 Å². The minimum absolute atomic E-state index is 0.170. The van der Waals surface area contributed by atoms with Crippen LogP contribution in [0.1, 0.15) is 33.8 Å². The summed E-state index contributed by atoms with van der Waals surface area (Å²) in [5, 5.41) is 9.24. The summed E-state index contributed by atoms with van der Waals surface area (Å²) in [6, 6.07) is 6.71. The van der Waals surface area contributed by atoms with E-state index in [1.165, 1.54) is 7.11 Å². The molecule has 0 spiro atoms. The normalized spacial score (nSPS) is 16.9. The molecule has 0 bridgehead atoms. The van der Waals surface area contributed by atoms with E-state index in [4.69, 9.17) is 9.15 Å².